The summed E-state index contributed by atoms with van der Waals surface area (Å²) in [7, 11) is 0. The van der Waals surface area contributed by atoms with Crippen molar-refractivity contribution in [2.24, 2.45) is 11.5 Å². The Kier molecular flexibility index (Phi) is 24.3. The number of carbonyl (C=O) groups is 2. The zero-order chi connectivity index (χ0) is 36.0. The minimum Gasteiger partial charge on any atom is -0.548 e. The molecule has 50 heavy (non-hydrogen) atoms. The summed E-state index contributed by atoms with van der Waals surface area (Å²) in [6.07, 6.45) is 0.396. The number of carboxylic acid groups (broad SMARTS) is 2. The quantitative estimate of drug-likeness (QED) is 0.128. The third-order valence-corrected chi connectivity index (χ3v) is 12.5. The van der Waals surface area contributed by atoms with E-state index in [2.05, 4.69) is 90.4 Å². The zero-order valence-electron chi connectivity index (χ0n) is 25.7. The molecule has 0 aliphatic carbocycles. The number of ether oxygens (including phenoxy) is 2. The second-order valence-electron chi connectivity index (χ2n) is 9.71. The van der Waals surface area contributed by atoms with Gasteiger partial charge in [-0.15, -0.1) is 0 Å². The van der Waals surface area contributed by atoms with Crippen LogP contribution in [0.15, 0.2) is 48.5 Å². The van der Waals surface area contributed by atoms with Crippen molar-refractivity contribution >= 4 is 193 Å². The second-order valence-corrected chi connectivity index (χ2v) is 19.0. The van der Waals surface area contributed by atoms with Gasteiger partial charge in [0, 0.05) is 12.1 Å². The third kappa shape index (κ3) is 15.3. The van der Waals surface area contributed by atoms with E-state index in [1.807, 2.05) is 115 Å². The summed E-state index contributed by atoms with van der Waals surface area (Å²) in [5.41, 5.74) is 12.7. The molecular formula is C30H20I8N2Na2O8. The van der Waals surface area contributed by atoms with Gasteiger partial charge in [-0.3, -0.25) is 0 Å². The van der Waals surface area contributed by atoms with Crippen molar-refractivity contribution in [3.05, 3.63) is 88.2 Å². The predicted molar refractivity (Wildman–Crippen MR) is 244 cm³/mol. The molecule has 0 aliphatic rings. The monoisotopic (exact) mass is 1600 g/mol. The Bertz CT molecular complexity index is 1650. The number of rotatable bonds is 10. The molecule has 20 heteroatoms. The SMILES string of the molecule is N[C@H](Cc1cc(I)c(Oc2cc(I)c(O)c(I)c2)c(I)c1)C(=O)[O-].N[C@H](Cc1cc(I)c(Oc2cc(I)c(O)c(I)c2)c(I)c1)C(=O)[O-].[Na+].[Na+]. The van der Waals surface area contributed by atoms with Gasteiger partial charge < -0.3 is 51.0 Å². The van der Waals surface area contributed by atoms with Gasteiger partial charge in [0.2, 0.25) is 0 Å². The number of carboxylic acids is 2. The molecule has 0 aliphatic heterocycles. The van der Waals surface area contributed by atoms with Crippen molar-refractivity contribution in [2.45, 2.75) is 24.9 Å². The fourth-order valence-electron chi connectivity index (χ4n) is 3.77. The fraction of sp³-hybridized carbons (Fsp3) is 0.133. The Morgan fingerprint density at radius 3 is 1.00 bits per heavy atom. The van der Waals surface area contributed by atoms with Crippen molar-refractivity contribution < 1.29 is 98.6 Å². The standard InChI is InChI=1S/2C15H11I4NO4.2Na/c2*16-8-4-7(5-9(17)13(8)21)24-14-10(18)1-6(2-11(14)19)3-12(20)15(22)23;;/h2*1-2,4-5,12,21H,3,20H2,(H,22,23);;/q;;2*+1/p-2/t2*12-;;/m11../s1. The molecule has 0 bridgehead atoms. The second kappa shape index (κ2) is 23.9. The Morgan fingerprint density at radius 2 is 0.780 bits per heavy atom. The van der Waals surface area contributed by atoms with E-state index in [1.165, 1.54) is 0 Å². The van der Waals surface area contributed by atoms with Gasteiger partial charge in [0.25, 0.3) is 0 Å². The van der Waals surface area contributed by atoms with E-state index in [0.717, 1.165) is 25.4 Å². The van der Waals surface area contributed by atoms with Crippen LogP contribution in [0.5, 0.6) is 34.5 Å². The number of nitrogens with two attached hydrogens (primary N) is 2. The van der Waals surface area contributed by atoms with Gasteiger partial charge in [-0.05, 0) is 253 Å². The number of phenols is 2. The van der Waals surface area contributed by atoms with Crippen LogP contribution in [-0.2, 0) is 22.4 Å². The number of benzene rings is 4. The molecule has 4 rings (SSSR count). The minimum atomic E-state index is -1.27. The smallest absolute Gasteiger partial charge is 0.548 e. The molecule has 0 amide bonds. The van der Waals surface area contributed by atoms with E-state index in [0.29, 0.717) is 37.3 Å². The first-order valence-electron chi connectivity index (χ1n) is 13.0. The first-order valence-corrected chi connectivity index (χ1v) is 21.6. The molecule has 0 saturated heterocycles. The van der Waals surface area contributed by atoms with Gasteiger partial charge >= 0.3 is 59.1 Å². The van der Waals surface area contributed by atoms with Crippen LogP contribution in [0.2, 0.25) is 0 Å². The molecule has 0 spiro atoms. The van der Waals surface area contributed by atoms with Crippen LogP contribution < -0.4 is 90.3 Å². The van der Waals surface area contributed by atoms with Crippen LogP contribution in [-0.4, -0.2) is 34.2 Å². The van der Waals surface area contributed by atoms with Crippen molar-refractivity contribution in [3.63, 3.8) is 0 Å². The van der Waals surface area contributed by atoms with E-state index < -0.39 is 24.0 Å². The summed E-state index contributed by atoms with van der Waals surface area (Å²) in [4.78, 5) is 21.6. The number of aromatic hydroxyl groups is 2. The summed E-state index contributed by atoms with van der Waals surface area (Å²) in [5.74, 6) is 0.535. The maximum absolute atomic E-state index is 10.8. The van der Waals surface area contributed by atoms with E-state index >= 15 is 0 Å². The van der Waals surface area contributed by atoms with E-state index in [-0.39, 0.29) is 83.5 Å². The third-order valence-electron chi connectivity index (χ3n) is 6.05. The van der Waals surface area contributed by atoms with Crippen molar-refractivity contribution in [2.75, 3.05) is 0 Å². The topological polar surface area (TPSA) is 191 Å². The first-order chi connectivity index (χ1) is 22.4. The van der Waals surface area contributed by atoms with E-state index in [1.54, 1.807) is 24.3 Å². The fourth-order valence-corrected chi connectivity index (χ4v) is 11.4. The number of hydrogen-bond donors (Lipinski definition) is 4. The molecule has 0 aromatic heterocycles. The summed E-state index contributed by atoms with van der Waals surface area (Å²) in [6, 6.07) is 12.3. The minimum absolute atomic E-state index is 0. The normalized spacial score (nSPS) is 11.6. The number of carbonyl (C=O) groups excluding carboxylic acids is 2. The maximum Gasteiger partial charge on any atom is 1.00 e. The molecule has 4 aromatic rings. The number of hydrogen-bond acceptors (Lipinski definition) is 10. The first kappa shape index (κ1) is 50.8. The molecule has 4 aromatic carbocycles. The Balaban J connectivity index is 0.000000481. The largest absolute Gasteiger partial charge is 1.00 e. The molecule has 10 nitrogen and oxygen atoms in total. The summed E-state index contributed by atoms with van der Waals surface area (Å²) < 4.78 is 18.1. The number of halogens is 8. The Morgan fingerprint density at radius 1 is 0.540 bits per heavy atom. The zero-order valence-corrected chi connectivity index (χ0v) is 47.0. The predicted octanol–water partition coefficient (Wildman–Crippen LogP) is 0.453. The molecule has 0 heterocycles. The van der Waals surface area contributed by atoms with Crippen molar-refractivity contribution in [1.82, 2.24) is 0 Å². The van der Waals surface area contributed by atoms with E-state index in [9.17, 15) is 30.0 Å². The van der Waals surface area contributed by atoms with Crippen LogP contribution in [0.25, 0.3) is 0 Å². The summed E-state index contributed by atoms with van der Waals surface area (Å²) in [6.45, 7) is 0. The molecule has 2 atom stereocenters. The van der Waals surface area contributed by atoms with Crippen molar-refractivity contribution in [1.29, 1.82) is 0 Å². The van der Waals surface area contributed by atoms with Crippen LogP contribution in [0.3, 0.4) is 0 Å². The van der Waals surface area contributed by atoms with Crippen LogP contribution in [0.4, 0.5) is 0 Å². The Hall–Kier alpha value is 2.78. The summed E-state index contributed by atoms with van der Waals surface area (Å²) in [5, 5.41) is 41.2. The van der Waals surface area contributed by atoms with Gasteiger partial charge in [0.1, 0.15) is 23.0 Å². The number of phenolic OH excluding ortho intramolecular Hbond substituents is 2. The molecule has 0 saturated carbocycles. The van der Waals surface area contributed by atoms with Gasteiger partial charge in [-0.2, -0.15) is 0 Å². The molecule has 6 N–H and O–H groups in total. The van der Waals surface area contributed by atoms with Gasteiger partial charge in [0.15, 0.2) is 11.5 Å². The van der Waals surface area contributed by atoms with Gasteiger partial charge in [-0.1, -0.05) is 0 Å². The number of aliphatic carboxylic acids is 2. The van der Waals surface area contributed by atoms with Crippen LogP contribution in [0, 0.1) is 28.6 Å². The average molecular weight is 1600 g/mol. The van der Waals surface area contributed by atoms with Crippen LogP contribution >= 0.6 is 181 Å². The average Bonchev–Trinajstić information content (AvgIpc) is 2.98. The molecule has 256 valence electrons. The molecule has 0 unspecified atom stereocenters. The van der Waals surface area contributed by atoms with E-state index in [4.69, 9.17) is 20.9 Å². The Labute approximate surface area is 441 Å². The van der Waals surface area contributed by atoms with Crippen molar-refractivity contribution in [3.8, 4) is 34.5 Å². The molecular weight excluding hydrogens is 1580 g/mol. The van der Waals surface area contributed by atoms with Gasteiger partial charge in [-0.25, -0.2) is 0 Å². The van der Waals surface area contributed by atoms with Crippen LogP contribution in [0.1, 0.15) is 11.1 Å². The molecule has 0 radical (unpaired) electrons. The molecule has 0 fully saturated rings. The maximum atomic E-state index is 10.8. The summed E-state index contributed by atoms with van der Waals surface area (Å²) >= 11 is 16.7. The van der Waals surface area contributed by atoms with Gasteiger partial charge in [0.05, 0.1) is 40.5 Å².